The third kappa shape index (κ3) is 5.21. The van der Waals surface area contributed by atoms with E-state index in [2.05, 4.69) is 0 Å². The predicted molar refractivity (Wildman–Crippen MR) is 103 cm³/mol. The zero-order valence-corrected chi connectivity index (χ0v) is 15.9. The van der Waals surface area contributed by atoms with Crippen LogP contribution in [0.15, 0.2) is 59.5 Å². The van der Waals surface area contributed by atoms with E-state index >= 15 is 0 Å². The average molecular weight is 382 g/mol. The van der Waals surface area contributed by atoms with Gasteiger partial charge in [0, 0.05) is 5.88 Å². The van der Waals surface area contributed by atoms with Crippen LogP contribution in [0.1, 0.15) is 25.3 Å². The summed E-state index contributed by atoms with van der Waals surface area (Å²) in [7, 11) is -3.75. The van der Waals surface area contributed by atoms with Gasteiger partial charge in [0.1, 0.15) is 0 Å². The van der Waals surface area contributed by atoms with Crippen LogP contribution < -0.4 is 4.31 Å². The van der Waals surface area contributed by atoms with E-state index in [-0.39, 0.29) is 11.4 Å². The fourth-order valence-electron chi connectivity index (χ4n) is 2.48. The van der Waals surface area contributed by atoms with Crippen molar-refractivity contribution in [2.24, 2.45) is 0 Å². The first-order valence-corrected chi connectivity index (χ1v) is 10.4. The molecule has 6 heteroatoms. The Morgan fingerprint density at radius 1 is 1.08 bits per heavy atom. The molecule has 0 saturated heterocycles. The van der Waals surface area contributed by atoms with Gasteiger partial charge in [-0.2, -0.15) is 0 Å². The number of hydrogen-bond donors (Lipinski definition) is 1. The van der Waals surface area contributed by atoms with Crippen molar-refractivity contribution >= 4 is 27.3 Å². The van der Waals surface area contributed by atoms with Gasteiger partial charge in [0.2, 0.25) is 0 Å². The van der Waals surface area contributed by atoms with Gasteiger partial charge < -0.3 is 5.11 Å². The highest BCUT2D eigenvalue weighted by Gasteiger charge is 2.26. The minimum Gasteiger partial charge on any atom is -0.391 e. The van der Waals surface area contributed by atoms with Gasteiger partial charge in [-0.15, -0.1) is 11.6 Å². The number of hydrogen-bond acceptors (Lipinski definition) is 3. The summed E-state index contributed by atoms with van der Waals surface area (Å²) in [4.78, 5) is 0.217. The molecule has 136 valence electrons. The van der Waals surface area contributed by atoms with Crippen LogP contribution in [0.25, 0.3) is 0 Å². The molecule has 2 rings (SSSR count). The van der Waals surface area contributed by atoms with E-state index in [1.807, 2.05) is 25.1 Å². The number of aryl methyl sites for hydroxylation is 1. The second-order valence-corrected chi connectivity index (χ2v) is 8.11. The van der Waals surface area contributed by atoms with Crippen molar-refractivity contribution in [2.75, 3.05) is 16.7 Å². The third-order valence-corrected chi connectivity index (χ3v) is 6.08. The summed E-state index contributed by atoms with van der Waals surface area (Å²) in [5.74, 6) is 0.580. The molecule has 0 bridgehead atoms. The molecule has 0 saturated carbocycles. The number of anilines is 1. The Labute approximate surface area is 155 Å². The minimum absolute atomic E-state index is 0.0246. The average Bonchev–Trinajstić information content (AvgIpc) is 2.65. The maximum Gasteiger partial charge on any atom is 0.264 e. The Morgan fingerprint density at radius 3 is 2.28 bits per heavy atom. The Kier molecular flexibility index (Phi) is 7.29. The first kappa shape index (κ1) is 19.8. The predicted octanol–water partition coefficient (Wildman–Crippen LogP) is 3.82. The van der Waals surface area contributed by atoms with Crippen molar-refractivity contribution in [3.05, 3.63) is 60.2 Å². The monoisotopic (exact) mass is 381 g/mol. The smallest absolute Gasteiger partial charge is 0.264 e. The van der Waals surface area contributed by atoms with Crippen molar-refractivity contribution in [3.63, 3.8) is 0 Å². The molecule has 25 heavy (non-hydrogen) atoms. The lowest BCUT2D eigenvalue weighted by atomic mass is 10.1. The minimum atomic E-state index is -3.75. The molecule has 0 aliphatic rings. The van der Waals surface area contributed by atoms with Crippen LogP contribution in [0.2, 0.25) is 0 Å². The molecule has 2 aromatic carbocycles. The second-order valence-electron chi connectivity index (χ2n) is 5.87. The summed E-state index contributed by atoms with van der Waals surface area (Å²) in [6, 6.07) is 15.7. The maximum atomic E-state index is 13.1. The molecule has 0 amide bonds. The number of aliphatic hydroxyl groups excluding tert-OH is 1. The fourth-order valence-corrected chi connectivity index (χ4v) is 4.12. The highest BCUT2D eigenvalue weighted by Crippen LogP contribution is 2.24. The third-order valence-electron chi connectivity index (χ3n) is 4.00. The maximum absolute atomic E-state index is 13.1. The van der Waals surface area contributed by atoms with E-state index in [0.717, 1.165) is 18.4 Å². The van der Waals surface area contributed by atoms with Gasteiger partial charge in [0.05, 0.1) is 23.2 Å². The van der Waals surface area contributed by atoms with Crippen molar-refractivity contribution < 1.29 is 13.5 Å². The molecule has 1 atom stereocenters. The Morgan fingerprint density at radius 2 is 1.72 bits per heavy atom. The Balaban J connectivity index is 2.34. The second kappa shape index (κ2) is 9.22. The molecular weight excluding hydrogens is 358 g/mol. The van der Waals surface area contributed by atoms with Gasteiger partial charge in [-0.25, -0.2) is 8.42 Å². The summed E-state index contributed by atoms with van der Waals surface area (Å²) in [5.41, 5.74) is 1.60. The van der Waals surface area contributed by atoms with E-state index in [1.54, 1.807) is 36.4 Å². The van der Waals surface area contributed by atoms with E-state index in [1.165, 1.54) is 4.31 Å². The molecule has 1 N–H and O–H groups in total. The van der Waals surface area contributed by atoms with Gasteiger partial charge in [0.15, 0.2) is 0 Å². The highest BCUT2D eigenvalue weighted by molar-refractivity contribution is 7.92. The lowest BCUT2D eigenvalue weighted by Gasteiger charge is -2.26. The number of nitrogens with zero attached hydrogens (tertiary/aromatic N) is 1. The molecule has 0 radical (unpaired) electrons. The normalized spacial score (nSPS) is 12.8. The Hall–Kier alpha value is -1.56. The number of halogens is 1. The van der Waals surface area contributed by atoms with Crippen LogP contribution in [0.5, 0.6) is 0 Å². The van der Waals surface area contributed by atoms with Crippen molar-refractivity contribution in [1.82, 2.24) is 0 Å². The van der Waals surface area contributed by atoms with Crippen LogP contribution in [0, 0.1) is 0 Å². The molecule has 1 unspecified atom stereocenters. The standard InChI is InChI=1S/C19H24ClNO3S/c1-2-18(22)15-21(17-8-4-3-5-9-17)25(23,24)19-12-10-16(11-13-19)7-6-14-20/h3-5,8-13,18,22H,2,6-7,14-15H2,1H3. The van der Waals surface area contributed by atoms with Crippen LogP contribution >= 0.6 is 11.6 Å². The summed E-state index contributed by atoms with van der Waals surface area (Å²) in [6.45, 7) is 1.85. The zero-order valence-electron chi connectivity index (χ0n) is 14.3. The quantitative estimate of drug-likeness (QED) is 0.671. The van der Waals surface area contributed by atoms with E-state index < -0.39 is 16.1 Å². The SMILES string of the molecule is CCC(O)CN(c1ccccc1)S(=O)(=O)c1ccc(CCCCl)cc1. The zero-order chi connectivity index (χ0) is 18.3. The number of para-hydroxylation sites is 1. The molecule has 0 spiro atoms. The number of benzene rings is 2. The molecule has 0 aromatic heterocycles. The van der Waals surface area contributed by atoms with Gasteiger partial charge in [-0.05, 0) is 49.1 Å². The van der Waals surface area contributed by atoms with E-state index in [4.69, 9.17) is 11.6 Å². The molecule has 0 fully saturated rings. The van der Waals surface area contributed by atoms with E-state index in [9.17, 15) is 13.5 Å². The fraction of sp³-hybridized carbons (Fsp3) is 0.368. The summed E-state index contributed by atoms with van der Waals surface area (Å²) in [6.07, 6.45) is 1.43. The Bertz CT molecular complexity index is 748. The molecule has 0 aliphatic carbocycles. The van der Waals surface area contributed by atoms with Gasteiger partial charge in [-0.1, -0.05) is 37.3 Å². The van der Waals surface area contributed by atoms with Gasteiger partial charge >= 0.3 is 0 Å². The lowest BCUT2D eigenvalue weighted by molar-refractivity contribution is 0.179. The number of sulfonamides is 1. The van der Waals surface area contributed by atoms with E-state index in [0.29, 0.717) is 18.0 Å². The van der Waals surface area contributed by atoms with Gasteiger partial charge in [0.25, 0.3) is 10.0 Å². The highest BCUT2D eigenvalue weighted by atomic mass is 35.5. The van der Waals surface area contributed by atoms with Crippen LogP contribution in [-0.4, -0.2) is 32.1 Å². The molecule has 4 nitrogen and oxygen atoms in total. The topological polar surface area (TPSA) is 57.6 Å². The molecule has 0 heterocycles. The van der Waals surface area contributed by atoms with Crippen molar-refractivity contribution in [2.45, 2.75) is 37.2 Å². The largest absolute Gasteiger partial charge is 0.391 e. The van der Waals surface area contributed by atoms with Crippen LogP contribution in [-0.2, 0) is 16.4 Å². The lowest BCUT2D eigenvalue weighted by Crippen LogP contribution is -2.37. The van der Waals surface area contributed by atoms with Crippen molar-refractivity contribution in [1.29, 1.82) is 0 Å². The number of rotatable bonds is 9. The number of aliphatic hydroxyl groups is 1. The van der Waals surface area contributed by atoms with Crippen LogP contribution in [0.3, 0.4) is 0 Å². The number of alkyl halides is 1. The summed E-state index contributed by atoms with van der Waals surface area (Å²) < 4.78 is 27.5. The first-order chi connectivity index (χ1) is 12.0. The van der Waals surface area contributed by atoms with Gasteiger partial charge in [-0.3, -0.25) is 4.31 Å². The first-order valence-electron chi connectivity index (χ1n) is 8.39. The van der Waals surface area contributed by atoms with Crippen LogP contribution in [0.4, 0.5) is 5.69 Å². The van der Waals surface area contributed by atoms with Crippen molar-refractivity contribution in [3.8, 4) is 0 Å². The summed E-state index contributed by atoms with van der Waals surface area (Å²) >= 11 is 5.70. The molecular formula is C19H24ClNO3S. The molecule has 0 aliphatic heterocycles. The summed E-state index contributed by atoms with van der Waals surface area (Å²) in [5, 5.41) is 10.0. The molecule has 2 aromatic rings.